The first-order chi connectivity index (χ1) is 8.13. The third kappa shape index (κ3) is 1.86. The van der Waals surface area contributed by atoms with E-state index in [0.717, 1.165) is 5.56 Å². The van der Waals surface area contributed by atoms with Crippen LogP contribution < -0.4 is 11.4 Å². The van der Waals surface area contributed by atoms with Crippen LogP contribution in [0.3, 0.4) is 0 Å². The SMILES string of the molecule is Cc1cccc(C#N)c1-n1cnc(N)nc1=O. The molecular weight excluding hydrogens is 218 g/mol. The van der Waals surface area contributed by atoms with E-state index in [1.165, 1.54) is 10.9 Å². The molecule has 1 aromatic carbocycles. The minimum absolute atomic E-state index is 0.0849. The molecule has 0 spiro atoms. The molecule has 1 heterocycles. The molecule has 1 aromatic heterocycles. The van der Waals surface area contributed by atoms with E-state index in [1.54, 1.807) is 25.1 Å². The van der Waals surface area contributed by atoms with Crippen molar-refractivity contribution in [3.8, 4) is 11.8 Å². The largest absolute Gasteiger partial charge is 0.368 e. The smallest absolute Gasteiger partial charge is 0.356 e. The highest BCUT2D eigenvalue weighted by molar-refractivity contribution is 5.53. The molecule has 0 atom stereocenters. The first-order valence-corrected chi connectivity index (χ1v) is 4.84. The van der Waals surface area contributed by atoms with Crippen LogP contribution >= 0.6 is 0 Å². The van der Waals surface area contributed by atoms with Crippen LogP contribution in [0, 0.1) is 18.3 Å². The standard InChI is InChI=1S/C11H9N5O/c1-7-3-2-4-8(5-12)9(7)16-6-14-10(13)15-11(16)17/h2-4,6H,1H3,(H2,13,15,17). The topological polar surface area (TPSA) is 97.6 Å². The van der Waals surface area contributed by atoms with Gasteiger partial charge in [-0.15, -0.1) is 0 Å². The third-order valence-corrected chi connectivity index (χ3v) is 2.32. The van der Waals surface area contributed by atoms with Gasteiger partial charge >= 0.3 is 5.69 Å². The lowest BCUT2D eigenvalue weighted by Crippen LogP contribution is -2.24. The van der Waals surface area contributed by atoms with Gasteiger partial charge in [0.2, 0.25) is 5.95 Å². The van der Waals surface area contributed by atoms with E-state index in [2.05, 4.69) is 9.97 Å². The fourth-order valence-electron chi connectivity index (χ4n) is 1.57. The van der Waals surface area contributed by atoms with Crippen LogP contribution in [-0.4, -0.2) is 14.5 Å². The van der Waals surface area contributed by atoms with Crippen molar-refractivity contribution in [1.29, 1.82) is 5.26 Å². The van der Waals surface area contributed by atoms with Gasteiger partial charge in [0.05, 0.1) is 11.3 Å². The van der Waals surface area contributed by atoms with Crippen molar-refractivity contribution in [3.05, 3.63) is 46.1 Å². The van der Waals surface area contributed by atoms with E-state index >= 15 is 0 Å². The van der Waals surface area contributed by atoms with Crippen LogP contribution in [0.25, 0.3) is 5.69 Å². The molecule has 6 heteroatoms. The van der Waals surface area contributed by atoms with E-state index in [-0.39, 0.29) is 5.95 Å². The second kappa shape index (κ2) is 4.06. The van der Waals surface area contributed by atoms with Crippen LogP contribution in [0.2, 0.25) is 0 Å². The first-order valence-electron chi connectivity index (χ1n) is 4.84. The summed E-state index contributed by atoms with van der Waals surface area (Å²) in [4.78, 5) is 19.0. The van der Waals surface area contributed by atoms with Crippen LogP contribution in [0.4, 0.5) is 5.95 Å². The van der Waals surface area contributed by atoms with E-state index < -0.39 is 5.69 Å². The zero-order chi connectivity index (χ0) is 12.4. The second-order valence-electron chi connectivity index (χ2n) is 3.45. The fraction of sp³-hybridized carbons (Fsp3) is 0.0909. The third-order valence-electron chi connectivity index (χ3n) is 2.32. The van der Waals surface area contributed by atoms with Crippen LogP contribution in [0.15, 0.2) is 29.3 Å². The Morgan fingerprint density at radius 3 is 2.88 bits per heavy atom. The lowest BCUT2D eigenvalue weighted by atomic mass is 10.1. The van der Waals surface area contributed by atoms with Gasteiger partial charge in [0.15, 0.2) is 0 Å². The number of benzene rings is 1. The van der Waals surface area contributed by atoms with Crippen LogP contribution in [0.5, 0.6) is 0 Å². The number of aryl methyl sites for hydroxylation is 1. The zero-order valence-electron chi connectivity index (χ0n) is 9.08. The Balaban J connectivity index is 2.78. The molecular formula is C11H9N5O. The van der Waals surface area contributed by atoms with E-state index in [4.69, 9.17) is 11.0 Å². The Hall–Kier alpha value is -2.68. The van der Waals surface area contributed by atoms with Gasteiger partial charge in [-0.25, -0.2) is 14.3 Å². The highest BCUT2D eigenvalue weighted by Crippen LogP contribution is 2.16. The number of aromatic nitrogens is 3. The monoisotopic (exact) mass is 227 g/mol. The molecule has 2 N–H and O–H groups in total. The molecule has 0 aliphatic rings. The zero-order valence-corrected chi connectivity index (χ0v) is 9.08. The number of hydrogen-bond acceptors (Lipinski definition) is 5. The maximum Gasteiger partial charge on any atom is 0.356 e. The number of nitrogen functional groups attached to an aromatic ring is 1. The summed E-state index contributed by atoms with van der Waals surface area (Å²) in [5, 5.41) is 9.02. The number of nitrogens with zero attached hydrogens (tertiary/aromatic N) is 4. The summed E-state index contributed by atoms with van der Waals surface area (Å²) in [6.45, 7) is 1.80. The Morgan fingerprint density at radius 2 is 2.24 bits per heavy atom. The second-order valence-corrected chi connectivity index (χ2v) is 3.45. The summed E-state index contributed by atoms with van der Waals surface area (Å²) in [5.41, 5.74) is 6.43. The lowest BCUT2D eigenvalue weighted by Gasteiger charge is -2.09. The molecule has 0 aliphatic carbocycles. The van der Waals surface area contributed by atoms with Gasteiger partial charge in [-0.3, -0.25) is 0 Å². The number of nitrogens with two attached hydrogens (primary N) is 1. The molecule has 0 bridgehead atoms. The summed E-state index contributed by atoms with van der Waals surface area (Å²) < 4.78 is 1.21. The predicted octanol–water partition coefficient (Wildman–Crippen LogP) is 0.390. The molecule has 0 saturated carbocycles. The van der Waals surface area contributed by atoms with Crippen molar-refractivity contribution in [3.63, 3.8) is 0 Å². The molecule has 2 rings (SSSR count). The summed E-state index contributed by atoms with van der Waals surface area (Å²) in [6, 6.07) is 7.22. The molecule has 6 nitrogen and oxygen atoms in total. The van der Waals surface area contributed by atoms with Crippen LogP contribution in [-0.2, 0) is 0 Å². The van der Waals surface area contributed by atoms with Gasteiger partial charge in [-0.05, 0) is 18.6 Å². The molecule has 0 saturated heterocycles. The highest BCUT2D eigenvalue weighted by atomic mass is 16.1. The van der Waals surface area contributed by atoms with Gasteiger partial charge < -0.3 is 5.73 Å². The van der Waals surface area contributed by atoms with Crippen molar-refractivity contribution < 1.29 is 0 Å². The highest BCUT2D eigenvalue weighted by Gasteiger charge is 2.10. The van der Waals surface area contributed by atoms with Gasteiger partial charge in [0.1, 0.15) is 12.4 Å². The van der Waals surface area contributed by atoms with Crippen molar-refractivity contribution in [2.24, 2.45) is 0 Å². The van der Waals surface area contributed by atoms with Gasteiger partial charge in [-0.2, -0.15) is 10.2 Å². The van der Waals surface area contributed by atoms with E-state index in [0.29, 0.717) is 11.3 Å². The van der Waals surface area contributed by atoms with Gasteiger partial charge in [0.25, 0.3) is 0 Å². The minimum atomic E-state index is -0.552. The number of para-hydroxylation sites is 1. The van der Waals surface area contributed by atoms with Gasteiger partial charge in [0, 0.05) is 0 Å². The molecule has 17 heavy (non-hydrogen) atoms. The molecule has 84 valence electrons. The quantitative estimate of drug-likeness (QED) is 0.759. The average molecular weight is 227 g/mol. The van der Waals surface area contributed by atoms with Crippen molar-refractivity contribution >= 4 is 5.95 Å². The molecule has 0 radical (unpaired) electrons. The maximum absolute atomic E-state index is 11.7. The minimum Gasteiger partial charge on any atom is -0.368 e. The van der Waals surface area contributed by atoms with E-state index in [9.17, 15) is 4.79 Å². The summed E-state index contributed by atoms with van der Waals surface area (Å²) in [6.07, 6.45) is 1.27. The van der Waals surface area contributed by atoms with Crippen LogP contribution in [0.1, 0.15) is 11.1 Å². The molecule has 0 aliphatic heterocycles. The summed E-state index contributed by atoms with van der Waals surface area (Å²) >= 11 is 0. The normalized spacial score (nSPS) is 9.88. The predicted molar refractivity (Wildman–Crippen MR) is 61.5 cm³/mol. The number of hydrogen-bond donors (Lipinski definition) is 1. The van der Waals surface area contributed by atoms with Crippen molar-refractivity contribution in [1.82, 2.24) is 14.5 Å². The number of rotatable bonds is 1. The summed E-state index contributed by atoms with van der Waals surface area (Å²) in [5.74, 6) is -0.0849. The summed E-state index contributed by atoms with van der Waals surface area (Å²) in [7, 11) is 0. The molecule has 2 aromatic rings. The Morgan fingerprint density at radius 1 is 1.47 bits per heavy atom. The lowest BCUT2D eigenvalue weighted by molar-refractivity contribution is 0.859. The Kier molecular flexibility index (Phi) is 2.58. The average Bonchev–Trinajstić information content (AvgIpc) is 2.30. The number of nitriles is 1. The van der Waals surface area contributed by atoms with Gasteiger partial charge in [-0.1, -0.05) is 12.1 Å². The first kappa shape index (κ1) is 10.8. The Bertz CT molecular complexity index is 668. The molecule has 0 fully saturated rings. The molecule has 0 unspecified atom stereocenters. The van der Waals surface area contributed by atoms with E-state index in [1.807, 2.05) is 6.07 Å². The van der Waals surface area contributed by atoms with Crippen molar-refractivity contribution in [2.45, 2.75) is 6.92 Å². The van der Waals surface area contributed by atoms with Crippen molar-refractivity contribution in [2.75, 3.05) is 5.73 Å². The Labute approximate surface area is 97.0 Å². The molecule has 0 amide bonds. The number of anilines is 1. The maximum atomic E-state index is 11.7. The fourth-order valence-corrected chi connectivity index (χ4v) is 1.57.